The third-order valence-corrected chi connectivity index (χ3v) is 16.9. The second kappa shape index (κ2) is 6.90. The zero-order valence-electron chi connectivity index (χ0n) is 13.1. The van der Waals surface area contributed by atoms with Crippen LogP contribution in [0.5, 0.6) is 0 Å². The number of hydrogen-bond acceptors (Lipinski definition) is 1. The van der Waals surface area contributed by atoms with Crippen LogP contribution in [0.15, 0.2) is 12.3 Å². The molecule has 0 aliphatic carbocycles. The average Bonchev–Trinajstić information content (AvgIpc) is 2.30. The van der Waals surface area contributed by atoms with Gasteiger partial charge in [0.05, 0.1) is 16.1 Å². The third-order valence-electron chi connectivity index (χ3n) is 4.49. The summed E-state index contributed by atoms with van der Waals surface area (Å²) in [6.07, 6.45) is 0. The van der Waals surface area contributed by atoms with E-state index in [1.807, 2.05) is 0 Å². The number of hydrogen-bond donors (Lipinski definition) is 1. The summed E-state index contributed by atoms with van der Waals surface area (Å²) < 4.78 is 0. The molecule has 0 bridgehead atoms. The highest BCUT2D eigenvalue weighted by Gasteiger charge is 2.44. The molecule has 0 aromatic rings. The Kier molecular flexibility index (Phi) is 6.96. The molecule has 0 aromatic carbocycles. The highest BCUT2D eigenvalue weighted by Crippen LogP contribution is 2.30. The van der Waals surface area contributed by atoms with Crippen molar-refractivity contribution in [2.45, 2.75) is 77.2 Å². The molecular weight excluding hydrogens is 238 g/mol. The van der Waals surface area contributed by atoms with Crippen LogP contribution >= 0.6 is 0 Å². The summed E-state index contributed by atoms with van der Waals surface area (Å²) in [6, 6.07) is 4.78. The SMILES string of the molecule is C=C[Si](C)(C)C(NC(C)C)[Si](CC)(CC)CC. The molecule has 0 rings (SSSR count). The van der Waals surface area contributed by atoms with E-state index in [1.54, 1.807) is 0 Å². The molecule has 1 nitrogen and oxygen atoms in total. The first-order valence-corrected chi connectivity index (χ1v) is 13.0. The lowest BCUT2D eigenvalue weighted by atomic mass is 10.4. The molecule has 0 aliphatic heterocycles. The first-order valence-electron chi connectivity index (χ1n) is 7.19. The van der Waals surface area contributed by atoms with Crippen LogP contribution in [0.4, 0.5) is 0 Å². The quantitative estimate of drug-likeness (QED) is 0.646. The van der Waals surface area contributed by atoms with Gasteiger partial charge in [-0.05, 0) is 5.29 Å². The minimum atomic E-state index is -1.35. The van der Waals surface area contributed by atoms with Crippen LogP contribution < -0.4 is 5.32 Å². The van der Waals surface area contributed by atoms with Crippen LogP contribution in [-0.2, 0) is 0 Å². The molecule has 0 aliphatic rings. The Labute approximate surface area is 111 Å². The molecule has 1 unspecified atom stereocenters. The summed E-state index contributed by atoms with van der Waals surface area (Å²) >= 11 is 0. The Hall–Kier alpha value is 0.134. The predicted molar refractivity (Wildman–Crippen MR) is 86.9 cm³/mol. The van der Waals surface area contributed by atoms with E-state index in [2.05, 4.69) is 65.3 Å². The van der Waals surface area contributed by atoms with Gasteiger partial charge in [0, 0.05) is 6.04 Å². The molecule has 0 heterocycles. The molecule has 1 atom stereocenters. The van der Waals surface area contributed by atoms with Crippen LogP contribution in [0.3, 0.4) is 0 Å². The number of nitrogens with one attached hydrogen (secondary N) is 1. The maximum absolute atomic E-state index is 4.12. The Morgan fingerprint density at radius 3 is 1.71 bits per heavy atom. The van der Waals surface area contributed by atoms with Crippen molar-refractivity contribution in [3.05, 3.63) is 12.3 Å². The lowest BCUT2D eigenvalue weighted by Crippen LogP contribution is -2.66. The van der Waals surface area contributed by atoms with Crippen molar-refractivity contribution in [3.8, 4) is 0 Å². The topological polar surface area (TPSA) is 12.0 Å². The minimum absolute atomic E-state index is 0.586. The van der Waals surface area contributed by atoms with E-state index in [0.717, 1.165) is 5.29 Å². The van der Waals surface area contributed by atoms with Crippen molar-refractivity contribution >= 4 is 16.1 Å². The van der Waals surface area contributed by atoms with Gasteiger partial charge in [-0.25, -0.2) is 0 Å². The van der Waals surface area contributed by atoms with E-state index in [9.17, 15) is 0 Å². The lowest BCUT2D eigenvalue weighted by molar-refractivity contribution is 0.603. The van der Waals surface area contributed by atoms with Gasteiger partial charge in [-0.3, -0.25) is 0 Å². The number of rotatable bonds is 8. The minimum Gasteiger partial charge on any atom is -0.317 e. The molecule has 3 heteroatoms. The van der Waals surface area contributed by atoms with Crippen LogP contribution in [0, 0.1) is 0 Å². The first kappa shape index (κ1) is 17.1. The molecule has 0 saturated carbocycles. The first-order chi connectivity index (χ1) is 7.79. The van der Waals surface area contributed by atoms with Crippen molar-refractivity contribution in [1.29, 1.82) is 0 Å². The van der Waals surface area contributed by atoms with Crippen LogP contribution in [-0.4, -0.2) is 27.5 Å². The van der Waals surface area contributed by atoms with Gasteiger partial charge in [-0.2, -0.15) is 0 Å². The van der Waals surface area contributed by atoms with E-state index in [-0.39, 0.29) is 0 Å². The molecule has 0 spiro atoms. The summed E-state index contributed by atoms with van der Waals surface area (Å²) in [6.45, 7) is 20.8. The maximum Gasteiger partial charge on any atom is 0.0855 e. The molecule has 0 aromatic heterocycles. The van der Waals surface area contributed by atoms with E-state index in [4.69, 9.17) is 0 Å². The van der Waals surface area contributed by atoms with Crippen LogP contribution in [0.2, 0.25) is 31.2 Å². The van der Waals surface area contributed by atoms with Gasteiger partial charge in [0.2, 0.25) is 0 Å². The summed E-state index contributed by atoms with van der Waals surface area (Å²) in [7, 11) is -2.54. The van der Waals surface area contributed by atoms with Gasteiger partial charge in [-0.15, -0.1) is 12.3 Å². The highest BCUT2D eigenvalue weighted by molar-refractivity contribution is 7.00. The van der Waals surface area contributed by atoms with E-state index in [1.165, 1.54) is 18.1 Å². The summed E-state index contributed by atoms with van der Waals surface area (Å²) in [5.41, 5.74) is 2.29. The smallest absolute Gasteiger partial charge is 0.0855 e. The molecule has 1 N–H and O–H groups in total. The van der Waals surface area contributed by atoms with Gasteiger partial charge in [0.25, 0.3) is 0 Å². The highest BCUT2D eigenvalue weighted by atomic mass is 28.4. The largest absolute Gasteiger partial charge is 0.317 e. The summed E-state index contributed by atoms with van der Waals surface area (Å²) in [4.78, 5) is 0. The third kappa shape index (κ3) is 4.07. The van der Waals surface area contributed by atoms with Crippen molar-refractivity contribution in [2.24, 2.45) is 0 Å². The maximum atomic E-state index is 4.12. The second-order valence-electron chi connectivity index (χ2n) is 6.20. The summed E-state index contributed by atoms with van der Waals surface area (Å²) in [5, 5.41) is 4.69. The average molecular weight is 272 g/mol. The summed E-state index contributed by atoms with van der Waals surface area (Å²) in [5.74, 6) is 0. The fourth-order valence-electron chi connectivity index (χ4n) is 2.99. The van der Waals surface area contributed by atoms with E-state index in [0.29, 0.717) is 6.04 Å². The molecule has 0 fully saturated rings. The van der Waals surface area contributed by atoms with Gasteiger partial charge in [-0.1, -0.05) is 65.8 Å². The Balaban J connectivity index is 5.34. The Morgan fingerprint density at radius 2 is 1.47 bits per heavy atom. The molecule has 0 amide bonds. The molecule has 17 heavy (non-hydrogen) atoms. The second-order valence-corrected chi connectivity index (χ2v) is 16.8. The Bertz CT molecular complexity index is 224. The van der Waals surface area contributed by atoms with Gasteiger partial charge in [0.15, 0.2) is 0 Å². The van der Waals surface area contributed by atoms with Crippen LogP contribution in [0.1, 0.15) is 34.6 Å². The lowest BCUT2D eigenvalue weighted by Gasteiger charge is -2.45. The zero-order chi connectivity index (χ0) is 13.7. The van der Waals surface area contributed by atoms with Crippen molar-refractivity contribution in [2.75, 3.05) is 0 Å². The zero-order valence-corrected chi connectivity index (χ0v) is 15.1. The fourth-order valence-corrected chi connectivity index (χ4v) is 15.9. The van der Waals surface area contributed by atoms with Crippen LogP contribution in [0.25, 0.3) is 0 Å². The van der Waals surface area contributed by atoms with E-state index < -0.39 is 16.1 Å². The predicted octanol–water partition coefficient (Wildman–Crippen LogP) is 4.37. The molecule has 0 radical (unpaired) electrons. The normalized spacial score (nSPS) is 15.1. The van der Waals surface area contributed by atoms with Gasteiger partial charge >= 0.3 is 0 Å². The molecular formula is C14H33NSi2. The monoisotopic (exact) mass is 271 g/mol. The fraction of sp³-hybridized carbons (Fsp3) is 0.857. The van der Waals surface area contributed by atoms with Crippen molar-refractivity contribution in [3.63, 3.8) is 0 Å². The van der Waals surface area contributed by atoms with Gasteiger partial charge in [0.1, 0.15) is 0 Å². The van der Waals surface area contributed by atoms with E-state index >= 15 is 0 Å². The van der Waals surface area contributed by atoms with Crippen molar-refractivity contribution in [1.82, 2.24) is 5.32 Å². The Morgan fingerprint density at radius 1 is 1.06 bits per heavy atom. The van der Waals surface area contributed by atoms with Gasteiger partial charge < -0.3 is 5.32 Å². The molecule has 102 valence electrons. The van der Waals surface area contributed by atoms with Crippen molar-refractivity contribution < 1.29 is 0 Å². The standard InChI is InChI=1S/C14H33NSi2/c1-9-16(7,8)14(15-13(5)6)17(10-2,11-3)12-4/h9,13-15H,1,10-12H2,2-8H3. The molecule has 0 saturated heterocycles.